The van der Waals surface area contributed by atoms with Crippen molar-refractivity contribution in [1.29, 1.82) is 10.8 Å². The van der Waals surface area contributed by atoms with Crippen LogP contribution in [0.4, 0.5) is 0 Å². The minimum absolute atomic E-state index is 0.169. The Labute approximate surface area is 239 Å². The zero-order valence-corrected chi connectivity index (χ0v) is 23.8. The fraction of sp³-hybridized carbons (Fsp3) is 0.417. The molecule has 0 spiro atoms. The molecule has 2 saturated heterocycles. The molecule has 0 radical (unpaired) electrons. The van der Waals surface area contributed by atoms with E-state index in [1.165, 1.54) is 0 Å². The summed E-state index contributed by atoms with van der Waals surface area (Å²) >= 11 is 12.3. The Morgan fingerprint density at radius 1 is 0.692 bits per heavy atom. The number of nitrogens with zero attached hydrogens (tertiary/aromatic N) is 4. The van der Waals surface area contributed by atoms with E-state index in [1.807, 2.05) is 46.2 Å². The van der Waals surface area contributed by atoms with E-state index >= 15 is 0 Å². The monoisotopic (exact) mass is 600 g/mol. The maximum Gasteiger partial charge on any atom is 0.188 e. The van der Waals surface area contributed by atoms with Crippen molar-refractivity contribution in [1.82, 2.24) is 19.6 Å². The molecule has 0 amide bonds. The first-order chi connectivity index (χ1) is 18.3. The fourth-order valence-corrected chi connectivity index (χ4v) is 4.42. The second kappa shape index (κ2) is 15.8. The van der Waals surface area contributed by atoms with E-state index in [1.54, 1.807) is 0 Å². The molecule has 0 saturated carbocycles. The Balaban J connectivity index is 0.000000234. The number of piperazine rings is 2. The third-order valence-corrected chi connectivity index (χ3v) is 6.87. The highest BCUT2D eigenvalue weighted by Gasteiger charge is 2.19. The smallest absolute Gasteiger partial charge is 0.188 e. The second-order valence-electron chi connectivity index (χ2n) is 8.89. The van der Waals surface area contributed by atoms with Crippen molar-refractivity contribution in [3.8, 4) is 0 Å². The van der Waals surface area contributed by atoms with Gasteiger partial charge in [0.15, 0.2) is 11.9 Å². The van der Waals surface area contributed by atoms with E-state index in [0.717, 1.165) is 86.6 Å². The minimum atomic E-state index is -5.17. The molecule has 0 aliphatic carbocycles. The van der Waals surface area contributed by atoms with Crippen LogP contribution in [0.25, 0.3) is 0 Å². The number of hydrogen-bond donors (Lipinski definition) is 4. The third kappa shape index (κ3) is 12.8. The lowest BCUT2D eigenvalue weighted by molar-refractivity contribution is 0.174. The number of nitrogens with two attached hydrogens (primary N) is 2. The molecule has 0 atom stereocenters. The largest absolute Gasteiger partial charge is 0.759 e. The quantitative estimate of drug-likeness (QED) is 0.172. The predicted molar refractivity (Wildman–Crippen MR) is 151 cm³/mol. The van der Waals surface area contributed by atoms with Gasteiger partial charge in [0.2, 0.25) is 0 Å². The second-order valence-corrected chi connectivity index (χ2v) is 10.5. The van der Waals surface area contributed by atoms with Crippen LogP contribution in [0.1, 0.15) is 11.1 Å². The maximum atomic E-state index is 8.52. The van der Waals surface area contributed by atoms with Gasteiger partial charge in [0.1, 0.15) is 0 Å². The predicted octanol–water partition coefficient (Wildman–Crippen LogP) is 1.36. The summed E-state index contributed by atoms with van der Waals surface area (Å²) in [6.45, 7) is 8.70. The summed E-state index contributed by atoms with van der Waals surface area (Å²) in [5.74, 6) is 0.338. The Morgan fingerprint density at radius 3 is 1.23 bits per heavy atom. The highest BCUT2D eigenvalue weighted by molar-refractivity contribution is 7.79. The standard InChI is InChI=1S/2C12H17ClN4.H2O4S/c2*13-11-4-2-1-3-10(11)9-16-5-7-17(8-6-16)12(14)15;1-5(2,3)4/h2*1-4H,5-9H2,(H3,14,15);(H2,1,2,3,4)/p-2. The van der Waals surface area contributed by atoms with Gasteiger partial charge in [-0.25, -0.2) is 0 Å². The van der Waals surface area contributed by atoms with E-state index in [4.69, 9.17) is 63.0 Å². The van der Waals surface area contributed by atoms with Gasteiger partial charge in [-0.05, 0) is 23.3 Å². The Kier molecular flexibility index (Phi) is 13.2. The van der Waals surface area contributed by atoms with Crippen molar-refractivity contribution in [3.63, 3.8) is 0 Å². The molecule has 2 fully saturated rings. The highest BCUT2D eigenvalue weighted by atomic mass is 35.5. The van der Waals surface area contributed by atoms with E-state index in [0.29, 0.717) is 0 Å². The molecule has 2 aliphatic heterocycles. The zero-order valence-electron chi connectivity index (χ0n) is 21.4. The molecule has 0 aromatic heterocycles. The van der Waals surface area contributed by atoms with Crippen molar-refractivity contribution in [2.75, 3.05) is 52.4 Å². The molecule has 216 valence electrons. The number of guanidine groups is 2. The van der Waals surface area contributed by atoms with Gasteiger partial charge in [-0.2, -0.15) is 0 Å². The van der Waals surface area contributed by atoms with Gasteiger partial charge in [-0.3, -0.25) is 29.0 Å². The Morgan fingerprint density at radius 2 is 0.974 bits per heavy atom. The number of benzene rings is 2. The van der Waals surface area contributed by atoms with Crippen LogP contribution in [0.3, 0.4) is 0 Å². The van der Waals surface area contributed by atoms with Gasteiger partial charge >= 0.3 is 0 Å². The van der Waals surface area contributed by atoms with E-state index < -0.39 is 10.4 Å². The van der Waals surface area contributed by atoms with Gasteiger partial charge in [0.05, 0.1) is 0 Å². The van der Waals surface area contributed by atoms with E-state index in [-0.39, 0.29) is 11.9 Å². The lowest BCUT2D eigenvalue weighted by Crippen LogP contribution is -2.50. The molecule has 2 aromatic rings. The SMILES string of the molecule is N=C(N)N1CCN(Cc2ccccc2Cl)CC1.N=C(N)N1CCN(Cc2ccccc2Cl)CC1.O=S(=O)([O-])[O-]. The average molecular weight is 602 g/mol. The van der Waals surface area contributed by atoms with Crippen molar-refractivity contribution in [2.24, 2.45) is 11.5 Å². The Hall–Kier alpha value is -2.65. The Bertz CT molecular complexity index is 1100. The normalized spacial score (nSPS) is 16.4. The van der Waals surface area contributed by atoms with Crippen LogP contribution in [0.15, 0.2) is 48.5 Å². The first kappa shape index (κ1) is 32.6. The van der Waals surface area contributed by atoms with E-state index in [2.05, 4.69) is 21.9 Å². The lowest BCUT2D eigenvalue weighted by atomic mass is 10.2. The maximum absolute atomic E-state index is 8.52. The van der Waals surface area contributed by atoms with Crippen LogP contribution in [-0.2, 0) is 23.5 Å². The van der Waals surface area contributed by atoms with Crippen LogP contribution in [-0.4, -0.2) is 101 Å². The number of rotatable bonds is 4. The van der Waals surface area contributed by atoms with Crippen LogP contribution in [0, 0.1) is 10.8 Å². The van der Waals surface area contributed by atoms with Crippen molar-refractivity contribution in [3.05, 3.63) is 69.7 Å². The summed E-state index contributed by atoms with van der Waals surface area (Å²) in [6.07, 6.45) is 0. The van der Waals surface area contributed by atoms with Crippen LogP contribution < -0.4 is 11.5 Å². The molecule has 39 heavy (non-hydrogen) atoms. The summed E-state index contributed by atoms with van der Waals surface area (Å²) in [5.41, 5.74) is 13.2. The highest BCUT2D eigenvalue weighted by Crippen LogP contribution is 2.18. The first-order valence-electron chi connectivity index (χ1n) is 12.1. The minimum Gasteiger partial charge on any atom is -0.759 e. The molecular formula is C24H34Cl2N8O4S-2. The van der Waals surface area contributed by atoms with Crippen molar-refractivity contribution >= 4 is 45.5 Å². The van der Waals surface area contributed by atoms with Crippen LogP contribution >= 0.6 is 23.2 Å². The molecule has 2 heterocycles. The van der Waals surface area contributed by atoms with Crippen LogP contribution in [0.2, 0.25) is 10.0 Å². The third-order valence-electron chi connectivity index (χ3n) is 6.13. The number of nitrogens with one attached hydrogen (secondary N) is 2. The van der Waals surface area contributed by atoms with Gasteiger partial charge < -0.3 is 30.4 Å². The molecule has 2 aromatic carbocycles. The summed E-state index contributed by atoms with van der Waals surface area (Å²) in [7, 11) is -5.17. The molecular weight excluding hydrogens is 567 g/mol. The topological polar surface area (TPSA) is 193 Å². The summed E-state index contributed by atoms with van der Waals surface area (Å²) in [5, 5.41) is 16.4. The van der Waals surface area contributed by atoms with Gasteiger partial charge in [0.25, 0.3) is 0 Å². The molecule has 2 aliphatic rings. The first-order valence-corrected chi connectivity index (χ1v) is 14.2. The molecule has 0 bridgehead atoms. The molecule has 12 nitrogen and oxygen atoms in total. The summed E-state index contributed by atoms with van der Waals surface area (Å²) < 4.78 is 34.1. The number of hydrogen-bond acceptors (Lipinski definition) is 8. The van der Waals surface area contributed by atoms with Crippen molar-refractivity contribution < 1.29 is 17.5 Å². The lowest BCUT2D eigenvalue weighted by Gasteiger charge is -2.34. The van der Waals surface area contributed by atoms with Gasteiger partial charge in [-0.15, -0.1) is 0 Å². The van der Waals surface area contributed by atoms with Crippen LogP contribution in [0.5, 0.6) is 0 Å². The fourth-order valence-electron chi connectivity index (χ4n) is 4.03. The summed E-state index contributed by atoms with van der Waals surface area (Å²) in [6, 6.07) is 15.9. The number of halogens is 2. The van der Waals surface area contributed by atoms with Gasteiger partial charge in [0, 0.05) is 85.9 Å². The molecule has 4 rings (SSSR count). The van der Waals surface area contributed by atoms with E-state index in [9.17, 15) is 0 Å². The average Bonchev–Trinajstić information content (AvgIpc) is 2.87. The molecule has 6 N–H and O–H groups in total. The summed E-state index contributed by atoms with van der Waals surface area (Å²) in [4.78, 5) is 8.45. The van der Waals surface area contributed by atoms with Gasteiger partial charge in [-0.1, -0.05) is 59.6 Å². The van der Waals surface area contributed by atoms with Crippen molar-refractivity contribution in [2.45, 2.75) is 13.1 Å². The molecule has 0 unspecified atom stereocenters. The molecule has 15 heteroatoms. The zero-order chi connectivity index (χ0) is 29.0.